The zero-order valence-electron chi connectivity index (χ0n) is 13.3. The van der Waals surface area contributed by atoms with Gasteiger partial charge in [-0.3, -0.25) is 4.99 Å². The minimum absolute atomic E-state index is 0.0755. The molecule has 0 bridgehead atoms. The second kappa shape index (κ2) is 10.2. The van der Waals surface area contributed by atoms with Crippen LogP contribution < -0.4 is 10.6 Å². The minimum atomic E-state index is 0.0755. The predicted octanol–water partition coefficient (Wildman–Crippen LogP) is 0.879. The van der Waals surface area contributed by atoms with Crippen LogP contribution in [0.2, 0.25) is 0 Å². The van der Waals surface area contributed by atoms with Gasteiger partial charge in [0.2, 0.25) is 0 Å². The summed E-state index contributed by atoms with van der Waals surface area (Å²) in [7, 11) is 5.90. The third kappa shape index (κ3) is 7.11. The lowest BCUT2D eigenvalue weighted by Crippen LogP contribution is -2.40. The molecule has 0 aliphatic rings. The summed E-state index contributed by atoms with van der Waals surface area (Å²) in [4.78, 5) is 6.37. The number of aliphatic hydroxyl groups is 1. The van der Waals surface area contributed by atoms with Crippen molar-refractivity contribution in [3.05, 3.63) is 35.9 Å². The second-order valence-corrected chi connectivity index (χ2v) is 5.33. The van der Waals surface area contributed by atoms with Gasteiger partial charge in [0, 0.05) is 26.1 Å². The van der Waals surface area contributed by atoms with Gasteiger partial charge in [0.1, 0.15) is 0 Å². The first-order valence-electron chi connectivity index (χ1n) is 7.42. The van der Waals surface area contributed by atoms with Crippen molar-refractivity contribution in [2.24, 2.45) is 4.99 Å². The summed E-state index contributed by atoms with van der Waals surface area (Å²) < 4.78 is 0. The first-order chi connectivity index (χ1) is 10.2. The molecule has 0 aromatic heterocycles. The fraction of sp³-hybridized carbons (Fsp3) is 0.562. The largest absolute Gasteiger partial charge is 0.396 e. The quantitative estimate of drug-likeness (QED) is 0.378. The molecule has 118 valence electrons. The smallest absolute Gasteiger partial charge is 0.191 e. The Hall–Kier alpha value is -1.59. The Morgan fingerprint density at radius 2 is 1.95 bits per heavy atom. The number of hydrogen-bond donors (Lipinski definition) is 3. The van der Waals surface area contributed by atoms with E-state index in [1.807, 2.05) is 30.3 Å². The van der Waals surface area contributed by atoms with Crippen molar-refractivity contribution in [3.63, 3.8) is 0 Å². The fourth-order valence-electron chi connectivity index (χ4n) is 2.06. The zero-order chi connectivity index (χ0) is 15.5. The number of hydrogen-bond acceptors (Lipinski definition) is 3. The van der Waals surface area contributed by atoms with Crippen LogP contribution >= 0.6 is 0 Å². The average molecular weight is 292 g/mol. The molecule has 0 saturated carbocycles. The molecular formula is C16H28N4O. The highest BCUT2D eigenvalue weighted by molar-refractivity contribution is 5.79. The Balaban J connectivity index is 2.36. The molecule has 5 heteroatoms. The highest BCUT2D eigenvalue weighted by Crippen LogP contribution is 2.13. The Morgan fingerprint density at radius 3 is 2.52 bits per heavy atom. The Morgan fingerprint density at radius 1 is 1.24 bits per heavy atom. The van der Waals surface area contributed by atoms with Gasteiger partial charge in [0.15, 0.2) is 5.96 Å². The topological polar surface area (TPSA) is 59.9 Å². The van der Waals surface area contributed by atoms with Gasteiger partial charge < -0.3 is 20.6 Å². The maximum atomic E-state index is 9.53. The summed E-state index contributed by atoms with van der Waals surface area (Å²) in [6.07, 6.45) is 1.07. The zero-order valence-corrected chi connectivity index (χ0v) is 13.3. The Bertz CT molecular complexity index is 406. The fourth-order valence-corrected chi connectivity index (χ4v) is 2.06. The van der Waals surface area contributed by atoms with E-state index in [0.717, 1.165) is 31.0 Å². The molecule has 0 saturated heterocycles. The van der Waals surface area contributed by atoms with Crippen LogP contribution in [0.3, 0.4) is 0 Å². The van der Waals surface area contributed by atoms with E-state index in [4.69, 9.17) is 0 Å². The van der Waals surface area contributed by atoms with Gasteiger partial charge in [-0.15, -0.1) is 0 Å². The number of aliphatic imine (C=N–C) groups is 1. The molecule has 0 amide bonds. The van der Waals surface area contributed by atoms with Crippen LogP contribution in [0.5, 0.6) is 0 Å². The van der Waals surface area contributed by atoms with Crippen LogP contribution in [-0.2, 0) is 0 Å². The number of aliphatic hydroxyl groups excluding tert-OH is 1. The van der Waals surface area contributed by atoms with E-state index >= 15 is 0 Å². The summed E-state index contributed by atoms with van der Waals surface area (Å²) >= 11 is 0. The molecule has 0 aliphatic heterocycles. The van der Waals surface area contributed by atoms with Crippen LogP contribution in [0.1, 0.15) is 17.9 Å². The van der Waals surface area contributed by atoms with Crippen LogP contribution in [-0.4, -0.2) is 63.4 Å². The lowest BCUT2D eigenvalue weighted by molar-refractivity contribution is 0.265. The molecular weight excluding hydrogens is 264 g/mol. The minimum Gasteiger partial charge on any atom is -0.396 e. The highest BCUT2D eigenvalue weighted by Gasteiger charge is 2.10. The number of benzene rings is 1. The standard InChI is InChI=1S/C16H28N4O/c1-17-16(18-10-7-11-20(2)3)19-12-15(13-21)14-8-5-4-6-9-14/h4-6,8-9,15,21H,7,10-13H2,1-3H3,(H2,17,18,19). The van der Waals surface area contributed by atoms with Crippen molar-refractivity contribution in [3.8, 4) is 0 Å². The molecule has 1 aromatic carbocycles. The summed E-state index contributed by atoms with van der Waals surface area (Å²) in [6, 6.07) is 10.0. The first-order valence-corrected chi connectivity index (χ1v) is 7.42. The van der Waals surface area contributed by atoms with E-state index in [2.05, 4.69) is 34.6 Å². The molecule has 1 atom stereocenters. The van der Waals surface area contributed by atoms with Crippen LogP contribution in [0, 0.1) is 0 Å². The molecule has 21 heavy (non-hydrogen) atoms. The van der Waals surface area contributed by atoms with Gasteiger partial charge in [0.25, 0.3) is 0 Å². The molecule has 0 spiro atoms. The van der Waals surface area contributed by atoms with E-state index < -0.39 is 0 Å². The predicted molar refractivity (Wildman–Crippen MR) is 88.8 cm³/mol. The summed E-state index contributed by atoms with van der Waals surface area (Å²) in [6.45, 7) is 2.71. The van der Waals surface area contributed by atoms with E-state index in [9.17, 15) is 5.11 Å². The van der Waals surface area contributed by atoms with Crippen LogP contribution in [0.15, 0.2) is 35.3 Å². The monoisotopic (exact) mass is 292 g/mol. The van der Waals surface area contributed by atoms with Crippen molar-refractivity contribution in [1.82, 2.24) is 15.5 Å². The molecule has 3 N–H and O–H groups in total. The summed E-state index contributed by atoms with van der Waals surface area (Å²) in [5, 5.41) is 16.1. The summed E-state index contributed by atoms with van der Waals surface area (Å²) in [5.41, 5.74) is 1.13. The number of rotatable bonds is 8. The SMILES string of the molecule is CN=C(NCCCN(C)C)NCC(CO)c1ccccc1. The van der Waals surface area contributed by atoms with Crippen LogP contribution in [0.4, 0.5) is 0 Å². The van der Waals surface area contributed by atoms with Gasteiger partial charge in [0.05, 0.1) is 6.61 Å². The van der Waals surface area contributed by atoms with E-state index in [-0.39, 0.29) is 12.5 Å². The van der Waals surface area contributed by atoms with Crippen molar-refractivity contribution in [2.45, 2.75) is 12.3 Å². The van der Waals surface area contributed by atoms with E-state index in [1.165, 1.54) is 0 Å². The summed E-state index contributed by atoms with van der Waals surface area (Å²) in [5.74, 6) is 0.856. The Labute approximate surface area is 128 Å². The lowest BCUT2D eigenvalue weighted by Gasteiger charge is -2.18. The first kappa shape index (κ1) is 17.5. The highest BCUT2D eigenvalue weighted by atomic mass is 16.3. The number of nitrogens with one attached hydrogen (secondary N) is 2. The molecule has 1 unspecified atom stereocenters. The molecule has 5 nitrogen and oxygen atoms in total. The third-order valence-corrected chi connectivity index (χ3v) is 3.31. The van der Waals surface area contributed by atoms with Crippen molar-refractivity contribution < 1.29 is 5.11 Å². The van der Waals surface area contributed by atoms with Gasteiger partial charge in [-0.25, -0.2) is 0 Å². The molecule has 0 aliphatic carbocycles. The molecule has 0 heterocycles. The molecule has 0 radical (unpaired) electrons. The second-order valence-electron chi connectivity index (χ2n) is 5.33. The normalized spacial score (nSPS) is 13.3. The number of nitrogens with zero attached hydrogens (tertiary/aromatic N) is 2. The van der Waals surface area contributed by atoms with E-state index in [0.29, 0.717) is 6.54 Å². The van der Waals surface area contributed by atoms with Gasteiger partial charge >= 0.3 is 0 Å². The van der Waals surface area contributed by atoms with Gasteiger partial charge in [-0.2, -0.15) is 0 Å². The van der Waals surface area contributed by atoms with Crippen LogP contribution in [0.25, 0.3) is 0 Å². The maximum absolute atomic E-state index is 9.53. The van der Waals surface area contributed by atoms with Crippen molar-refractivity contribution >= 4 is 5.96 Å². The van der Waals surface area contributed by atoms with Crippen molar-refractivity contribution in [1.29, 1.82) is 0 Å². The average Bonchev–Trinajstić information content (AvgIpc) is 2.50. The maximum Gasteiger partial charge on any atom is 0.191 e. The molecule has 1 rings (SSSR count). The third-order valence-electron chi connectivity index (χ3n) is 3.31. The molecule has 1 aromatic rings. The van der Waals surface area contributed by atoms with E-state index in [1.54, 1.807) is 7.05 Å². The van der Waals surface area contributed by atoms with Crippen molar-refractivity contribution in [2.75, 3.05) is 47.4 Å². The van der Waals surface area contributed by atoms with Gasteiger partial charge in [-0.1, -0.05) is 30.3 Å². The van der Waals surface area contributed by atoms with Gasteiger partial charge in [-0.05, 0) is 32.6 Å². The molecule has 0 fully saturated rings. The number of guanidine groups is 1. The lowest BCUT2D eigenvalue weighted by atomic mass is 10.0. The Kier molecular flexibility index (Phi) is 8.47.